The predicted molar refractivity (Wildman–Crippen MR) is 91.7 cm³/mol. The summed E-state index contributed by atoms with van der Waals surface area (Å²) in [6.45, 7) is 5.92. The van der Waals surface area contributed by atoms with E-state index >= 15 is 0 Å². The van der Waals surface area contributed by atoms with Gasteiger partial charge >= 0.3 is 0 Å². The van der Waals surface area contributed by atoms with Gasteiger partial charge in [0.2, 0.25) is 5.91 Å². The molecule has 0 unspecified atom stereocenters. The van der Waals surface area contributed by atoms with E-state index in [0.29, 0.717) is 44.0 Å². The molecule has 1 saturated heterocycles. The smallest absolute Gasteiger partial charge is 0.230 e. The molecule has 0 spiro atoms. The zero-order chi connectivity index (χ0) is 16.9. The second kappa shape index (κ2) is 7.65. The lowest BCUT2D eigenvalue weighted by molar-refractivity contribution is -0.131. The van der Waals surface area contributed by atoms with Gasteiger partial charge in [0.05, 0.1) is 5.41 Å². The third-order valence-electron chi connectivity index (χ3n) is 4.69. The number of carbonyl (C=O) groups excluding carboxylic acids is 1. The van der Waals surface area contributed by atoms with Crippen molar-refractivity contribution in [3.05, 3.63) is 34.9 Å². The zero-order valence-electron chi connectivity index (χ0n) is 13.9. The number of amides is 1. The Labute approximate surface area is 143 Å². The number of aliphatic hydroxyl groups excluding tert-OH is 1. The average Bonchev–Trinajstić information content (AvgIpc) is 2.54. The number of aliphatic hydroxyl groups is 1. The highest BCUT2D eigenvalue weighted by atomic mass is 35.5. The van der Waals surface area contributed by atoms with Crippen LogP contribution in [0.5, 0.6) is 0 Å². The molecular weight excluding hydrogens is 314 g/mol. The van der Waals surface area contributed by atoms with Crippen LogP contribution in [0, 0.1) is 5.41 Å². The van der Waals surface area contributed by atoms with Crippen molar-refractivity contribution in [2.45, 2.75) is 38.5 Å². The first-order valence-corrected chi connectivity index (χ1v) is 8.50. The topological polar surface area (TPSA) is 58.6 Å². The Bertz CT molecular complexity index is 522. The Hall–Kier alpha value is -1.10. The maximum atomic E-state index is 13.0. The standard InChI is InChI=1S/C18H26ClNO3/c1-17(2,7-10-21)13-20-16(22)18(8-11-23-12-9-18)14-3-5-15(19)6-4-14/h3-6,21H,7-13H2,1-2H3,(H,20,22). The van der Waals surface area contributed by atoms with E-state index in [2.05, 4.69) is 5.32 Å². The Balaban J connectivity index is 2.17. The second-order valence-electron chi connectivity index (χ2n) is 7.02. The molecule has 128 valence electrons. The molecule has 1 aromatic rings. The molecular formula is C18H26ClNO3. The van der Waals surface area contributed by atoms with Crippen molar-refractivity contribution in [3.8, 4) is 0 Å². The predicted octanol–water partition coefficient (Wildman–Crippen LogP) is 2.91. The number of ether oxygens (including phenoxy) is 1. The SMILES string of the molecule is CC(C)(CCO)CNC(=O)C1(c2ccc(Cl)cc2)CCOCC1. The van der Waals surface area contributed by atoms with Crippen LogP contribution in [0.25, 0.3) is 0 Å². The number of carbonyl (C=O) groups is 1. The maximum absolute atomic E-state index is 13.0. The Morgan fingerprint density at radius 2 is 1.91 bits per heavy atom. The van der Waals surface area contributed by atoms with Gasteiger partial charge in [-0.2, -0.15) is 0 Å². The molecule has 0 aliphatic carbocycles. The minimum atomic E-state index is -0.557. The molecule has 2 N–H and O–H groups in total. The summed E-state index contributed by atoms with van der Waals surface area (Å²) in [5.41, 5.74) is 0.303. The third kappa shape index (κ3) is 4.46. The largest absolute Gasteiger partial charge is 0.396 e. The molecule has 0 bridgehead atoms. The fraction of sp³-hybridized carbons (Fsp3) is 0.611. The van der Waals surface area contributed by atoms with Crippen LogP contribution in [-0.4, -0.2) is 37.4 Å². The van der Waals surface area contributed by atoms with Gasteiger partial charge in [-0.15, -0.1) is 0 Å². The van der Waals surface area contributed by atoms with E-state index in [-0.39, 0.29) is 17.9 Å². The number of hydrogen-bond donors (Lipinski definition) is 2. The third-order valence-corrected chi connectivity index (χ3v) is 4.95. The first-order valence-electron chi connectivity index (χ1n) is 8.13. The lowest BCUT2D eigenvalue weighted by atomic mass is 9.73. The summed E-state index contributed by atoms with van der Waals surface area (Å²) in [5, 5.41) is 12.9. The molecule has 0 aromatic heterocycles. The van der Waals surface area contributed by atoms with Crippen molar-refractivity contribution in [1.82, 2.24) is 5.32 Å². The van der Waals surface area contributed by atoms with Gasteiger partial charge in [0.1, 0.15) is 0 Å². The van der Waals surface area contributed by atoms with Crippen LogP contribution < -0.4 is 5.32 Å². The van der Waals surface area contributed by atoms with Gasteiger partial charge in [-0.05, 0) is 42.4 Å². The van der Waals surface area contributed by atoms with E-state index in [9.17, 15) is 4.79 Å². The van der Waals surface area contributed by atoms with Crippen molar-refractivity contribution >= 4 is 17.5 Å². The molecule has 2 rings (SSSR count). The Morgan fingerprint density at radius 3 is 2.48 bits per heavy atom. The van der Waals surface area contributed by atoms with Crippen LogP contribution in [0.4, 0.5) is 0 Å². The van der Waals surface area contributed by atoms with Gasteiger partial charge in [-0.3, -0.25) is 4.79 Å². The fourth-order valence-corrected chi connectivity index (χ4v) is 3.14. The number of nitrogens with one attached hydrogen (secondary N) is 1. The van der Waals surface area contributed by atoms with Crippen LogP contribution in [0.15, 0.2) is 24.3 Å². The van der Waals surface area contributed by atoms with Gasteiger partial charge < -0.3 is 15.2 Å². The summed E-state index contributed by atoms with van der Waals surface area (Å²) in [7, 11) is 0. The van der Waals surface area contributed by atoms with Crippen molar-refractivity contribution in [2.24, 2.45) is 5.41 Å². The highest BCUT2D eigenvalue weighted by molar-refractivity contribution is 6.30. The van der Waals surface area contributed by atoms with E-state index in [4.69, 9.17) is 21.4 Å². The lowest BCUT2D eigenvalue weighted by Crippen LogP contribution is -2.50. The summed E-state index contributed by atoms with van der Waals surface area (Å²) >= 11 is 5.98. The summed E-state index contributed by atoms with van der Waals surface area (Å²) in [6.07, 6.45) is 1.99. The van der Waals surface area contributed by atoms with Gasteiger partial charge in [0.25, 0.3) is 0 Å². The van der Waals surface area contributed by atoms with E-state index < -0.39 is 5.41 Å². The van der Waals surface area contributed by atoms with Crippen LogP contribution in [-0.2, 0) is 14.9 Å². The molecule has 1 aliphatic heterocycles. The normalized spacial score (nSPS) is 17.7. The van der Waals surface area contributed by atoms with E-state index in [1.807, 2.05) is 38.1 Å². The van der Waals surface area contributed by atoms with E-state index in [0.717, 1.165) is 5.56 Å². The monoisotopic (exact) mass is 339 g/mol. The summed E-state index contributed by atoms with van der Waals surface area (Å²) in [4.78, 5) is 13.0. The Kier molecular flexibility index (Phi) is 6.06. The van der Waals surface area contributed by atoms with Gasteiger partial charge in [-0.1, -0.05) is 37.6 Å². The first-order chi connectivity index (χ1) is 10.9. The number of rotatable bonds is 6. The fourth-order valence-electron chi connectivity index (χ4n) is 3.02. The van der Waals surface area contributed by atoms with E-state index in [1.165, 1.54) is 0 Å². The summed E-state index contributed by atoms with van der Waals surface area (Å²) in [6, 6.07) is 7.53. The molecule has 1 amide bonds. The lowest BCUT2D eigenvalue weighted by Gasteiger charge is -2.37. The molecule has 0 atom stereocenters. The van der Waals surface area contributed by atoms with Crippen LogP contribution in [0.3, 0.4) is 0 Å². The molecule has 23 heavy (non-hydrogen) atoms. The van der Waals surface area contributed by atoms with Crippen molar-refractivity contribution < 1.29 is 14.6 Å². The van der Waals surface area contributed by atoms with Crippen molar-refractivity contribution in [2.75, 3.05) is 26.4 Å². The van der Waals surface area contributed by atoms with Crippen LogP contribution >= 0.6 is 11.6 Å². The Morgan fingerprint density at radius 1 is 1.30 bits per heavy atom. The zero-order valence-corrected chi connectivity index (χ0v) is 14.7. The molecule has 1 fully saturated rings. The first kappa shape index (κ1) is 18.2. The molecule has 0 radical (unpaired) electrons. The molecule has 1 aromatic carbocycles. The molecule has 5 heteroatoms. The average molecular weight is 340 g/mol. The highest BCUT2D eigenvalue weighted by Gasteiger charge is 2.42. The second-order valence-corrected chi connectivity index (χ2v) is 7.46. The molecule has 1 heterocycles. The minimum absolute atomic E-state index is 0.0362. The minimum Gasteiger partial charge on any atom is -0.396 e. The van der Waals surface area contributed by atoms with Crippen molar-refractivity contribution in [3.63, 3.8) is 0 Å². The highest BCUT2D eigenvalue weighted by Crippen LogP contribution is 2.36. The van der Waals surface area contributed by atoms with Crippen LogP contribution in [0.2, 0.25) is 5.02 Å². The summed E-state index contributed by atoms with van der Waals surface area (Å²) < 4.78 is 5.46. The van der Waals surface area contributed by atoms with Gasteiger partial charge in [-0.25, -0.2) is 0 Å². The quantitative estimate of drug-likeness (QED) is 0.837. The number of halogens is 1. The molecule has 0 saturated carbocycles. The van der Waals surface area contributed by atoms with E-state index in [1.54, 1.807) is 0 Å². The van der Waals surface area contributed by atoms with Crippen molar-refractivity contribution in [1.29, 1.82) is 0 Å². The summed E-state index contributed by atoms with van der Waals surface area (Å²) in [5.74, 6) is 0.0362. The van der Waals surface area contributed by atoms with Gasteiger partial charge in [0.15, 0.2) is 0 Å². The molecule has 4 nitrogen and oxygen atoms in total. The van der Waals surface area contributed by atoms with Gasteiger partial charge in [0, 0.05) is 31.4 Å². The number of hydrogen-bond acceptors (Lipinski definition) is 3. The maximum Gasteiger partial charge on any atom is 0.230 e. The molecule has 1 aliphatic rings. The van der Waals surface area contributed by atoms with Crippen LogP contribution in [0.1, 0.15) is 38.7 Å². The number of benzene rings is 1.